The van der Waals surface area contributed by atoms with Gasteiger partial charge in [-0.2, -0.15) is 0 Å². The standard InChI is InChI=1S/C11H26N2O/c1-6-11(2,3)12-7-9-14-10-8-13(4)5/h12H,6-10H2,1-5H3. The van der Waals surface area contributed by atoms with Crippen molar-refractivity contribution in [2.75, 3.05) is 40.4 Å². The third-order valence-corrected chi connectivity index (χ3v) is 2.42. The quantitative estimate of drug-likeness (QED) is 0.601. The minimum absolute atomic E-state index is 0.241. The zero-order valence-corrected chi connectivity index (χ0v) is 10.4. The lowest BCUT2D eigenvalue weighted by Gasteiger charge is -2.24. The summed E-state index contributed by atoms with van der Waals surface area (Å²) in [7, 11) is 4.11. The maximum atomic E-state index is 5.48. The van der Waals surface area contributed by atoms with Crippen molar-refractivity contribution in [3.8, 4) is 0 Å². The van der Waals surface area contributed by atoms with E-state index in [2.05, 4.69) is 45.1 Å². The summed E-state index contributed by atoms with van der Waals surface area (Å²) < 4.78 is 5.48. The predicted molar refractivity (Wildman–Crippen MR) is 61.7 cm³/mol. The molecule has 0 aliphatic rings. The highest BCUT2D eigenvalue weighted by atomic mass is 16.5. The lowest BCUT2D eigenvalue weighted by molar-refractivity contribution is 0.114. The fraction of sp³-hybridized carbons (Fsp3) is 1.00. The number of nitrogens with zero attached hydrogens (tertiary/aromatic N) is 1. The first kappa shape index (κ1) is 13.9. The maximum Gasteiger partial charge on any atom is 0.0593 e. The van der Waals surface area contributed by atoms with Crippen molar-refractivity contribution in [1.82, 2.24) is 10.2 Å². The lowest BCUT2D eigenvalue weighted by atomic mass is 10.0. The first-order valence-electron chi connectivity index (χ1n) is 5.45. The van der Waals surface area contributed by atoms with Gasteiger partial charge in [0.05, 0.1) is 13.2 Å². The Hall–Kier alpha value is -0.120. The first-order valence-corrected chi connectivity index (χ1v) is 5.45. The van der Waals surface area contributed by atoms with Gasteiger partial charge < -0.3 is 15.0 Å². The first-order chi connectivity index (χ1) is 6.48. The van der Waals surface area contributed by atoms with E-state index in [9.17, 15) is 0 Å². The average molecular weight is 202 g/mol. The Morgan fingerprint density at radius 2 is 1.86 bits per heavy atom. The van der Waals surface area contributed by atoms with Crippen LogP contribution in [0.15, 0.2) is 0 Å². The van der Waals surface area contributed by atoms with Crippen molar-refractivity contribution in [2.45, 2.75) is 32.7 Å². The number of likely N-dealkylation sites (N-methyl/N-ethyl adjacent to an activating group) is 1. The molecule has 0 aromatic rings. The van der Waals surface area contributed by atoms with Gasteiger partial charge in [-0.15, -0.1) is 0 Å². The van der Waals surface area contributed by atoms with Crippen LogP contribution in [0.1, 0.15) is 27.2 Å². The Bertz CT molecular complexity index is 135. The van der Waals surface area contributed by atoms with E-state index >= 15 is 0 Å². The van der Waals surface area contributed by atoms with E-state index in [1.165, 1.54) is 0 Å². The van der Waals surface area contributed by atoms with Gasteiger partial charge in [0.2, 0.25) is 0 Å². The van der Waals surface area contributed by atoms with Gasteiger partial charge in [-0.25, -0.2) is 0 Å². The zero-order valence-electron chi connectivity index (χ0n) is 10.4. The van der Waals surface area contributed by atoms with Crippen molar-refractivity contribution in [1.29, 1.82) is 0 Å². The van der Waals surface area contributed by atoms with Crippen LogP contribution < -0.4 is 5.32 Å². The summed E-state index contributed by atoms with van der Waals surface area (Å²) in [5.41, 5.74) is 0.241. The Kier molecular flexibility index (Phi) is 7.15. The van der Waals surface area contributed by atoms with Crippen molar-refractivity contribution >= 4 is 0 Å². The molecule has 0 radical (unpaired) electrons. The molecule has 0 saturated heterocycles. The maximum absolute atomic E-state index is 5.48. The molecule has 0 atom stereocenters. The monoisotopic (exact) mass is 202 g/mol. The minimum Gasteiger partial charge on any atom is -0.379 e. The highest BCUT2D eigenvalue weighted by Gasteiger charge is 2.12. The van der Waals surface area contributed by atoms with Crippen LogP contribution in [0.25, 0.3) is 0 Å². The SMILES string of the molecule is CCC(C)(C)NCCOCCN(C)C. The molecular weight excluding hydrogens is 176 g/mol. The van der Waals surface area contributed by atoms with Crippen LogP contribution in [0, 0.1) is 0 Å². The van der Waals surface area contributed by atoms with Crippen LogP contribution in [-0.2, 0) is 4.74 Å². The summed E-state index contributed by atoms with van der Waals surface area (Å²) in [6, 6.07) is 0. The normalized spacial score (nSPS) is 12.4. The molecule has 0 aromatic carbocycles. The molecular formula is C11H26N2O. The minimum atomic E-state index is 0.241. The molecule has 0 heterocycles. The van der Waals surface area contributed by atoms with Gasteiger partial charge >= 0.3 is 0 Å². The van der Waals surface area contributed by atoms with Crippen molar-refractivity contribution in [3.05, 3.63) is 0 Å². The van der Waals surface area contributed by atoms with E-state index < -0.39 is 0 Å². The van der Waals surface area contributed by atoms with Crippen molar-refractivity contribution in [2.24, 2.45) is 0 Å². The smallest absolute Gasteiger partial charge is 0.0593 e. The molecule has 0 spiro atoms. The molecule has 3 heteroatoms. The summed E-state index contributed by atoms with van der Waals surface area (Å²) in [5, 5.41) is 3.46. The van der Waals surface area contributed by atoms with Crippen LogP contribution in [0.5, 0.6) is 0 Å². The molecule has 86 valence electrons. The van der Waals surface area contributed by atoms with Gasteiger partial charge in [0, 0.05) is 18.6 Å². The fourth-order valence-corrected chi connectivity index (χ4v) is 0.936. The third-order valence-electron chi connectivity index (χ3n) is 2.42. The Morgan fingerprint density at radius 3 is 2.36 bits per heavy atom. The van der Waals surface area contributed by atoms with Gasteiger partial charge in [0.15, 0.2) is 0 Å². The molecule has 0 aliphatic heterocycles. The van der Waals surface area contributed by atoms with E-state index in [-0.39, 0.29) is 5.54 Å². The molecule has 0 saturated carbocycles. The molecule has 0 rings (SSSR count). The molecule has 0 amide bonds. The number of rotatable bonds is 8. The van der Waals surface area contributed by atoms with E-state index in [4.69, 9.17) is 4.74 Å². The van der Waals surface area contributed by atoms with Gasteiger partial charge in [0.1, 0.15) is 0 Å². The molecule has 0 aliphatic carbocycles. The molecule has 3 nitrogen and oxygen atoms in total. The van der Waals surface area contributed by atoms with Crippen LogP contribution in [-0.4, -0.2) is 50.8 Å². The molecule has 0 bridgehead atoms. The Labute approximate surface area is 88.8 Å². The van der Waals surface area contributed by atoms with Gasteiger partial charge in [-0.1, -0.05) is 6.92 Å². The second-order valence-electron chi connectivity index (χ2n) is 4.58. The lowest BCUT2D eigenvalue weighted by Crippen LogP contribution is -2.40. The molecule has 0 fully saturated rings. The van der Waals surface area contributed by atoms with E-state index in [1.54, 1.807) is 0 Å². The average Bonchev–Trinajstić information content (AvgIpc) is 2.10. The second kappa shape index (κ2) is 7.21. The summed E-state index contributed by atoms with van der Waals surface area (Å²) in [4.78, 5) is 2.13. The Morgan fingerprint density at radius 1 is 1.21 bits per heavy atom. The topological polar surface area (TPSA) is 24.5 Å². The van der Waals surface area contributed by atoms with Crippen LogP contribution >= 0.6 is 0 Å². The number of hydrogen-bond acceptors (Lipinski definition) is 3. The molecule has 0 unspecified atom stereocenters. The van der Waals surface area contributed by atoms with Crippen molar-refractivity contribution < 1.29 is 4.74 Å². The number of hydrogen-bond donors (Lipinski definition) is 1. The van der Waals surface area contributed by atoms with Crippen LogP contribution in [0.3, 0.4) is 0 Å². The molecule has 0 aromatic heterocycles. The fourth-order valence-electron chi connectivity index (χ4n) is 0.936. The van der Waals surface area contributed by atoms with E-state index in [0.717, 1.165) is 32.7 Å². The zero-order chi connectivity index (χ0) is 11.0. The Balaban J connectivity index is 3.21. The van der Waals surface area contributed by atoms with E-state index in [1.807, 2.05) is 0 Å². The summed E-state index contributed by atoms with van der Waals surface area (Å²) in [5.74, 6) is 0. The summed E-state index contributed by atoms with van der Waals surface area (Å²) in [6.07, 6.45) is 1.14. The highest BCUT2D eigenvalue weighted by Crippen LogP contribution is 2.05. The van der Waals surface area contributed by atoms with E-state index in [0.29, 0.717) is 0 Å². The predicted octanol–water partition coefficient (Wildman–Crippen LogP) is 1.34. The largest absolute Gasteiger partial charge is 0.379 e. The molecule has 14 heavy (non-hydrogen) atoms. The number of nitrogens with one attached hydrogen (secondary N) is 1. The molecule has 1 N–H and O–H groups in total. The third kappa shape index (κ3) is 8.48. The summed E-state index contributed by atoms with van der Waals surface area (Å²) >= 11 is 0. The number of ether oxygens (including phenoxy) is 1. The second-order valence-corrected chi connectivity index (χ2v) is 4.58. The van der Waals surface area contributed by atoms with Gasteiger partial charge in [-0.05, 0) is 34.4 Å². The highest BCUT2D eigenvalue weighted by molar-refractivity contribution is 4.74. The summed E-state index contributed by atoms with van der Waals surface area (Å²) in [6.45, 7) is 10.2. The van der Waals surface area contributed by atoms with Crippen LogP contribution in [0.2, 0.25) is 0 Å². The van der Waals surface area contributed by atoms with Gasteiger partial charge in [-0.3, -0.25) is 0 Å². The van der Waals surface area contributed by atoms with Crippen LogP contribution in [0.4, 0.5) is 0 Å². The van der Waals surface area contributed by atoms with Crippen molar-refractivity contribution in [3.63, 3.8) is 0 Å². The van der Waals surface area contributed by atoms with Gasteiger partial charge in [0.25, 0.3) is 0 Å².